The first-order valence-electron chi connectivity index (χ1n) is 7.65. The van der Waals surface area contributed by atoms with E-state index in [2.05, 4.69) is 33.9 Å². The van der Waals surface area contributed by atoms with Crippen LogP contribution in [0.25, 0.3) is 0 Å². The lowest BCUT2D eigenvalue weighted by Crippen LogP contribution is -2.39. The zero-order chi connectivity index (χ0) is 15.4. The summed E-state index contributed by atoms with van der Waals surface area (Å²) < 4.78 is 6.03. The van der Waals surface area contributed by atoms with Crippen molar-refractivity contribution < 1.29 is 9.84 Å². The average Bonchev–Trinajstić information content (AvgIpc) is 2.58. The van der Waals surface area contributed by atoms with Gasteiger partial charge in [0.25, 0.3) is 0 Å². The van der Waals surface area contributed by atoms with Crippen molar-refractivity contribution in [2.45, 2.75) is 32.5 Å². The van der Waals surface area contributed by atoms with Crippen molar-refractivity contribution >= 4 is 5.95 Å². The molecule has 2 aromatic rings. The fourth-order valence-electron chi connectivity index (χ4n) is 2.61. The van der Waals surface area contributed by atoms with Crippen LogP contribution in [-0.4, -0.2) is 34.3 Å². The number of aryl methyl sites for hydroxylation is 1. The second-order valence-corrected chi connectivity index (χ2v) is 5.62. The molecular weight excluding hydrogens is 278 g/mol. The average molecular weight is 299 g/mol. The lowest BCUT2D eigenvalue weighted by molar-refractivity contribution is 0.170. The van der Waals surface area contributed by atoms with Crippen molar-refractivity contribution in [2.75, 3.05) is 18.0 Å². The summed E-state index contributed by atoms with van der Waals surface area (Å²) in [5, 5.41) is 9.16. The summed E-state index contributed by atoms with van der Waals surface area (Å²) in [6.45, 7) is 3.75. The van der Waals surface area contributed by atoms with E-state index in [1.165, 1.54) is 5.56 Å². The number of anilines is 1. The number of nitrogens with zero attached hydrogens (tertiary/aromatic N) is 3. The van der Waals surface area contributed by atoms with Gasteiger partial charge < -0.3 is 14.7 Å². The van der Waals surface area contributed by atoms with Gasteiger partial charge in [0.2, 0.25) is 5.95 Å². The molecule has 1 aliphatic rings. The van der Waals surface area contributed by atoms with Gasteiger partial charge in [-0.2, -0.15) is 0 Å². The number of ether oxygens (including phenoxy) is 1. The quantitative estimate of drug-likeness (QED) is 0.939. The minimum atomic E-state index is -0.0531. The van der Waals surface area contributed by atoms with Gasteiger partial charge in [0.15, 0.2) is 0 Å². The van der Waals surface area contributed by atoms with E-state index in [9.17, 15) is 0 Å². The third-order valence-electron chi connectivity index (χ3n) is 3.91. The molecule has 0 aliphatic carbocycles. The van der Waals surface area contributed by atoms with Gasteiger partial charge in [-0.25, -0.2) is 9.97 Å². The van der Waals surface area contributed by atoms with Gasteiger partial charge in [0.05, 0.1) is 12.3 Å². The predicted molar refractivity (Wildman–Crippen MR) is 85.0 cm³/mol. The number of hydrogen-bond acceptors (Lipinski definition) is 5. The molecule has 0 bridgehead atoms. The molecule has 5 nitrogen and oxygen atoms in total. The van der Waals surface area contributed by atoms with E-state index in [1.54, 1.807) is 12.3 Å². The SMILES string of the molecule is Cc1ccc(OC2CCN(c3nccc(CO)n3)CC2)cc1. The maximum Gasteiger partial charge on any atom is 0.225 e. The molecule has 1 aromatic heterocycles. The fraction of sp³-hybridized carbons (Fsp3) is 0.412. The predicted octanol–water partition coefficient (Wildman–Crippen LogP) is 2.33. The second kappa shape index (κ2) is 6.75. The molecule has 2 heterocycles. The van der Waals surface area contributed by atoms with Crippen molar-refractivity contribution in [2.24, 2.45) is 0 Å². The smallest absolute Gasteiger partial charge is 0.225 e. The fourth-order valence-corrected chi connectivity index (χ4v) is 2.61. The summed E-state index contributed by atoms with van der Waals surface area (Å²) in [5.41, 5.74) is 1.89. The van der Waals surface area contributed by atoms with Crippen LogP contribution in [0, 0.1) is 6.92 Å². The first-order chi connectivity index (χ1) is 10.7. The maximum atomic E-state index is 9.16. The molecule has 0 spiro atoms. The zero-order valence-electron chi connectivity index (χ0n) is 12.8. The molecule has 3 rings (SSSR count). The van der Waals surface area contributed by atoms with E-state index in [1.807, 2.05) is 12.1 Å². The standard InChI is InChI=1S/C17H21N3O2/c1-13-2-4-15(5-3-13)22-16-7-10-20(11-8-16)17-18-9-6-14(12-21)19-17/h2-6,9,16,21H,7-8,10-12H2,1H3. The van der Waals surface area contributed by atoms with Crippen LogP contribution in [0.4, 0.5) is 5.95 Å². The van der Waals surface area contributed by atoms with Gasteiger partial charge in [0.1, 0.15) is 11.9 Å². The number of rotatable bonds is 4. The highest BCUT2D eigenvalue weighted by atomic mass is 16.5. The first kappa shape index (κ1) is 14.8. The van der Waals surface area contributed by atoms with Gasteiger partial charge in [-0.3, -0.25) is 0 Å². The number of benzene rings is 1. The van der Waals surface area contributed by atoms with Gasteiger partial charge in [-0.1, -0.05) is 17.7 Å². The molecule has 1 N–H and O–H groups in total. The van der Waals surface area contributed by atoms with Crippen LogP contribution < -0.4 is 9.64 Å². The summed E-state index contributed by atoms with van der Waals surface area (Å²) >= 11 is 0. The Bertz CT molecular complexity index is 608. The Kier molecular flexibility index (Phi) is 4.53. The van der Waals surface area contributed by atoms with Gasteiger partial charge >= 0.3 is 0 Å². The number of aromatic nitrogens is 2. The number of piperidine rings is 1. The summed E-state index contributed by atoms with van der Waals surface area (Å²) in [7, 11) is 0. The molecule has 1 fully saturated rings. The molecular formula is C17H21N3O2. The third-order valence-corrected chi connectivity index (χ3v) is 3.91. The molecule has 1 saturated heterocycles. The molecule has 0 atom stereocenters. The molecule has 0 unspecified atom stereocenters. The van der Waals surface area contributed by atoms with E-state index in [4.69, 9.17) is 9.84 Å². The minimum Gasteiger partial charge on any atom is -0.490 e. The molecule has 0 amide bonds. The second-order valence-electron chi connectivity index (χ2n) is 5.62. The van der Waals surface area contributed by atoms with Crippen LogP contribution in [0.2, 0.25) is 0 Å². The van der Waals surface area contributed by atoms with Gasteiger partial charge in [-0.15, -0.1) is 0 Å². The Morgan fingerprint density at radius 1 is 1.18 bits per heavy atom. The van der Waals surface area contributed by atoms with Gasteiger partial charge in [0, 0.05) is 32.1 Å². The highest BCUT2D eigenvalue weighted by Gasteiger charge is 2.22. The Hall–Kier alpha value is -2.14. The Morgan fingerprint density at radius 3 is 2.59 bits per heavy atom. The normalized spacial score (nSPS) is 15.8. The van der Waals surface area contributed by atoms with Crippen LogP contribution in [0.1, 0.15) is 24.1 Å². The minimum absolute atomic E-state index is 0.0531. The number of aliphatic hydroxyl groups excluding tert-OH is 1. The van der Waals surface area contributed by atoms with E-state index in [0.717, 1.165) is 31.7 Å². The summed E-state index contributed by atoms with van der Waals surface area (Å²) in [4.78, 5) is 10.8. The molecule has 0 saturated carbocycles. The molecule has 1 aliphatic heterocycles. The maximum absolute atomic E-state index is 9.16. The van der Waals surface area contributed by atoms with E-state index in [0.29, 0.717) is 11.6 Å². The number of aliphatic hydroxyl groups is 1. The van der Waals surface area contributed by atoms with Crippen LogP contribution >= 0.6 is 0 Å². The highest BCUT2D eigenvalue weighted by molar-refractivity contribution is 5.31. The largest absolute Gasteiger partial charge is 0.490 e. The Labute approximate surface area is 130 Å². The highest BCUT2D eigenvalue weighted by Crippen LogP contribution is 2.21. The Balaban J connectivity index is 1.56. The molecule has 5 heteroatoms. The third kappa shape index (κ3) is 3.54. The molecule has 116 valence electrons. The monoisotopic (exact) mass is 299 g/mol. The Morgan fingerprint density at radius 2 is 1.91 bits per heavy atom. The van der Waals surface area contributed by atoms with Crippen molar-refractivity contribution in [1.29, 1.82) is 0 Å². The first-order valence-corrected chi connectivity index (χ1v) is 7.65. The molecule has 0 radical (unpaired) electrons. The molecule has 1 aromatic carbocycles. The summed E-state index contributed by atoms with van der Waals surface area (Å²) in [5.74, 6) is 1.63. The van der Waals surface area contributed by atoms with E-state index >= 15 is 0 Å². The summed E-state index contributed by atoms with van der Waals surface area (Å²) in [6, 6.07) is 9.92. The van der Waals surface area contributed by atoms with Crippen molar-refractivity contribution in [3.63, 3.8) is 0 Å². The van der Waals surface area contributed by atoms with Crippen molar-refractivity contribution in [1.82, 2.24) is 9.97 Å². The van der Waals surface area contributed by atoms with Crippen molar-refractivity contribution in [3.05, 3.63) is 47.8 Å². The van der Waals surface area contributed by atoms with E-state index < -0.39 is 0 Å². The molecule has 22 heavy (non-hydrogen) atoms. The topological polar surface area (TPSA) is 58.5 Å². The lowest BCUT2D eigenvalue weighted by atomic mass is 10.1. The van der Waals surface area contributed by atoms with E-state index in [-0.39, 0.29) is 12.7 Å². The number of hydrogen-bond donors (Lipinski definition) is 1. The van der Waals surface area contributed by atoms with Crippen molar-refractivity contribution in [3.8, 4) is 5.75 Å². The van der Waals surface area contributed by atoms with Crippen LogP contribution in [0.3, 0.4) is 0 Å². The van der Waals surface area contributed by atoms with Crippen LogP contribution in [0.5, 0.6) is 5.75 Å². The lowest BCUT2D eigenvalue weighted by Gasteiger charge is -2.32. The zero-order valence-corrected chi connectivity index (χ0v) is 12.8. The van der Waals surface area contributed by atoms with Crippen LogP contribution in [0.15, 0.2) is 36.5 Å². The van der Waals surface area contributed by atoms with Gasteiger partial charge in [-0.05, 0) is 25.1 Å². The van der Waals surface area contributed by atoms with Crippen LogP contribution in [-0.2, 0) is 6.61 Å². The summed E-state index contributed by atoms with van der Waals surface area (Å²) in [6.07, 6.45) is 3.82.